The van der Waals surface area contributed by atoms with Gasteiger partial charge in [0.1, 0.15) is 6.54 Å². The van der Waals surface area contributed by atoms with E-state index in [4.69, 9.17) is 0 Å². The summed E-state index contributed by atoms with van der Waals surface area (Å²) in [7, 11) is -3.58. The van der Waals surface area contributed by atoms with E-state index in [1.54, 1.807) is 18.2 Å². The predicted octanol–water partition coefficient (Wildman–Crippen LogP) is 2.34. The van der Waals surface area contributed by atoms with Gasteiger partial charge >= 0.3 is 0 Å². The molecule has 2 heterocycles. The van der Waals surface area contributed by atoms with Crippen LogP contribution in [0.15, 0.2) is 40.0 Å². The third-order valence-corrected chi connectivity index (χ3v) is 7.56. The zero-order chi connectivity index (χ0) is 21.2. The number of nitrogens with zero attached hydrogens (tertiary/aromatic N) is 2. The Morgan fingerprint density at radius 3 is 2.55 bits per heavy atom. The van der Waals surface area contributed by atoms with Gasteiger partial charge in [-0.2, -0.15) is 4.31 Å². The second kappa shape index (κ2) is 8.67. The van der Waals surface area contributed by atoms with Crippen molar-refractivity contribution in [3.05, 3.63) is 40.7 Å². The third kappa shape index (κ3) is 4.70. The number of hydrogen-bond donors (Lipinski definition) is 1. The zero-order valence-electron chi connectivity index (χ0n) is 17.2. The van der Waals surface area contributed by atoms with Crippen LogP contribution < -0.4 is 10.9 Å². The number of fused-ring (bicyclic) bond motifs is 1. The van der Waals surface area contributed by atoms with Crippen LogP contribution in [-0.4, -0.2) is 42.3 Å². The van der Waals surface area contributed by atoms with E-state index in [1.165, 1.54) is 21.0 Å². The first kappa shape index (κ1) is 21.5. The summed E-state index contributed by atoms with van der Waals surface area (Å²) >= 11 is 0. The molecule has 1 saturated heterocycles. The number of amides is 1. The minimum absolute atomic E-state index is 0.0252. The Labute approximate surface area is 171 Å². The lowest BCUT2D eigenvalue weighted by atomic mass is 10.0. The van der Waals surface area contributed by atoms with Crippen LogP contribution in [0.5, 0.6) is 0 Å². The lowest BCUT2D eigenvalue weighted by molar-refractivity contribution is -0.122. The van der Waals surface area contributed by atoms with Crippen molar-refractivity contribution < 1.29 is 13.2 Å². The molecule has 8 heteroatoms. The van der Waals surface area contributed by atoms with Gasteiger partial charge in [-0.25, -0.2) is 8.42 Å². The summed E-state index contributed by atoms with van der Waals surface area (Å²) < 4.78 is 28.9. The van der Waals surface area contributed by atoms with Crippen LogP contribution in [-0.2, 0) is 21.4 Å². The summed E-state index contributed by atoms with van der Waals surface area (Å²) in [6, 6.07) is 7.74. The second-order valence-corrected chi connectivity index (χ2v) is 9.88. The molecule has 0 saturated carbocycles. The molecule has 1 aliphatic heterocycles. The van der Waals surface area contributed by atoms with Gasteiger partial charge in [-0.05, 0) is 61.8 Å². The quantitative estimate of drug-likeness (QED) is 0.778. The molecule has 3 rings (SSSR count). The van der Waals surface area contributed by atoms with Crippen molar-refractivity contribution in [2.24, 2.45) is 5.92 Å². The number of sulfonamides is 1. The maximum atomic E-state index is 13.0. The number of aromatic nitrogens is 1. The number of carbonyl (C=O) groups excluding carboxylic acids is 1. The van der Waals surface area contributed by atoms with Crippen molar-refractivity contribution in [1.29, 1.82) is 0 Å². The van der Waals surface area contributed by atoms with E-state index in [9.17, 15) is 18.0 Å². The largest absolute Gasteiger partial charge is 0.352 e. The molecule has 7 nitrogen and oxygen atoms in total. The molecule has 158 valence electrons. The van der Waals surface area contributed by atoms with Gasteiger partial charge in [0, 0.05) is 25.2 Å². The lowest BCUT2D eigenvalue weighted by Gasteiger charge is -2.29. The van der Waals surface area contributed by atoms with Crippen LogP contribution >= 0.6 is 0 Å². The first-order valence-corrected chi connectivity index (χ1v) is 11.6. The summed E-state index contributed by atoms with van der Waals surface area (Å²) in [4.78, 5) is 24.8. The summed E-state index contributed by atoms with van der Waals surface area (Å²) in [5.74, 6) is 0.294. The Morgan fingerprint density at radius 1 is 1.21 bits per heavy atom. The molecule has 0 spiro atoms. The number of nitrogens with one attached hydrogen (secondary N) is 1. The maximum Gasteiger partial charge on any atom is 0.251 e. The number of piperidine rings is 1. The minimum Gasteiger partial charge on any atom is -0.352 e. The van der Waals surface area contributed by atoms with Gasteiger partial charge in [0.05, 0.1) is 10.4 Å². The summed E-state index contributed by atoms with van der Waals surface area (Å²) in [6.07, 6.45) is 2.52. The van der Waals surface area contributed by atoms with Crippen LogP contribution in [0.1, 0.15) is 40.0 Å². The van der Waals surface area contributed by atoms with Crippen LogP contribution in [0.2, 0.25) is 0 Å². The highest BCUT2D eigenvalue weighted by atomic mass is 32.2. The maximum absolute atomic E-state index is 13.0. The third-order valence-electron chi connectivity index (χ3n) is 5.66. The van der Waals surface area contributed by atoms with Crippen molar-refractivity contribution in [2.45, 2.75) is 57.5 Å². The van der Waals surface area contributed by atoms with Gasteiger partial charge in [-0.15, -0.1) is 0 Å². The molecule has 1 amide bonds. The topological polar surface area (TPSA) is 88.5 Å². The molecule has 2 aromatic rings. The van der Waals surface area contributed by atoms with Gasteiger partial charge < -0.3 is 5.32 Å². The average molecular weight is 420 g/mol. The van der Waals surface area contributed by atoms with E-state index in [2.05, 4.69) is 12.2 Å². The Hall–Kier alpha value is -2.19. The Bertz CT molecular complexity index is 1050. The molecule has 1 N–H and O–H groups in total. The first-order chi connectivity index (χ1) is 13.7. The molecular formula is C21H29N3O4S. The van der Waals surface area contributed by atoms with E-state index >= 15 is 0 Å². The number of benzene rings is 1. The Morgan fingerprint density at radius 2 is 1.90 bits per heavy atom. The van der Waals surface area contributed by atoms with Crippen molar-refractivity contribution in [1.82, 2.24) is 14.2 Å². The number of pyridine rings is 1. The second-order valence-electron chi connectivity index (χ2n) is 7.94. The highest BCUT2D eigenvalue weighted by Gasteiger charge is 2.28. The molecule has 0 aliphatic carbocycles. The van der Waals surface area contributed by atoms with Crippen molar-refractivity contribution >= 4 is 26.8 Å². The molecule has 1 aromatic carbocycles. The van der Waals surface area contributed by atoms with Gasteiger partial charge in [0.25, 0.3) is 5.56 Å². The number of carbonyl (C=O) groups is 1. The monoisotopic (exact) mass is 419 g/mol. The van der Waals surface area contributed by atoms with E-state index in [0.717, 1.165) is 19.3 Å². The number of rotatable bonds is 6. The van der Waals surface area contributed by atoms with Gasteiger partial charge in [-0.1, -0.05) is 13.8 Å². The molecule has 0 bridgehead atoms. The van der Waals surface area contributed by atoms with E-state index in [1.807, 2.05) is 13.8 Å². The smallest absolute Gasteiger partial charge is 0.251 e. The van der Waals surface area contributed by atoms with E-state index in [-0.39, 0.29) is 28.9 Å². The molecule has 1 aromatic heterocycles. The lowest BCUT2D eigenvalue weighted by Crippen LogP contribution is -2.38. The van der Waals surface area contributed by atoms with Crippen molar-refractivity contribution in [2.75, 3.05) is 13.1 Å². The molecule has 1 atom stereocenters. The fourth-order valence-electron chi connectivity index (χ4n) is 3.55. The van der Waals surface area contributed by atoms with E-state index in [0.29, 0.717) is 29.9 Å². The van der Waals surface area contributed by atoms with Crippen molar-refractivity contribution in [3.8, 4) is 0 Å². The molecular weight excluding hydrogens is 390 g/mol. The SMILES string of the molecule is CCC(C)NC(=O)Cn1c(=O)ccc2cc(S(=O)(=O)N3CCC(C)CC3)ccc21. The normalized spacial score (nSPS) is 17.3. The molecule has 0 radical (unpaired) electrons. The molecule has 1 fully saturated rings. The summed E-state index contributed by atoms with van der Waals surface area (Å²) in [5.41, 5.74) is 0.250. The fraction of sp³-hybridized carbons (Fsp3) is 0.524. The first-order valence-electron chi connectivity index (χ1n) is 10.2. The predicted molar refractivity (Wildman–Crippen MR) is 113 cm³/mol. The Kier molecular flexibility index (Phi) is 6.43. The summed E-state index contributed by atoms with van der Waals surface area (Å²) in [5, 5.41) is 3.47. The van der Waals surface area contributed by atoms with Crippen LogP contribution in [0, 0.1) is 5.92 Å². The standard InChI is InChI=1S/C21H29N3O4S/c1-4-16(3)22-20(25)14-24-19-7-6-18(13-17(19)5-8-21(24)26)29(27,28)23-11-9-15(2)10-12-23/h5-8,13,15-16H,4,9-12,14H2,1-3H3,(H,22,25). The average Bonchev–Trinajstić information content (AvgIpc) is 2.70. The number of hydrogen-bond acceptors (Lipinski definition) is 4. The van der Waals surface area contributed by atoms with E-state index < -0.39 is 10.0 Å². The van der Waals surface area contributed by atoms with Gasteiger partial charge in [0.2, 0.25) is 15.9 Å². The fourth-order valence-corrected chi connectivity index (χ4v) is 5.05. The highest BCUT2D eigenvalue weighted by molar-refractivity contribution is 7.89. The van der Waals surface area contributed by atoms with Crippen LogP contribution in [0.3, 0.4) is 0 Å². The molecule has 1 aliphatic rings. The molecule has 1 unspecified atom stereocenters. The summed E-state index contributed by atoms with van der Waals surface area (Å²) in [6.45, 7) is 6.96. The molecule has 29 heavy (non-hydrogen) atoms. The highest BCUT2D eigenvalue weighted by Crippen LogP contribution is 2.25. The van der Waals surface area contributed by atoms with Crippen LogP contribution in [0.25, 0.3) is 10.9 Å². The van der Waals surface area contributed by atoms with Gasteiger partial charge in [0.15, 0.2) is 0 Å². The van der Waals surface area contributed by atoms with Crippen molar-refractivity contribution in [3.63, 3.8) is 0 Å². The van der Waals surface area contributed by atoms with Gasteiger partial charge in [-0.3, -0.25) is 14.2 Å². The Balaban J connectivity index is 1.92. The zero-order valence-corrected chi connectivity index (χ0v) is 18.0. The van der Waals surface area contributed by atoms with Crippen LogP contribution in [0.4, 0.5) is 0 Å². The minimum atomic E-state index is -3.58.